The molecule has 0 aliphatic heterocycles. The predicted octanol–water partition coefficient (Wildman–Crippen LogP) is 1.60. The van der Waals surface area contributed by atoms with Crippen molar-refractivity contribution in [1.29, 1.82) is 0 Å². The number of methoxy groups -OCH3 is 2. The van der Waals surface area contributed by atoms with Gasteiger partial charge in [-0.05, 0) is 50.1 Å². The molecule has 0 aliphatic carbocycles. The van der Waals surface area contributed by atoms with Gasteiger partial charge in [-0.3, -0.25) is 4.79 Å². The highest BCUT2D eigenvalue weighted by Gasteiger charge is 2.17. The van der Waals surface area contributed by atoms with Crippen molar-refractivity contribution < 1.29 is 28.9 Å². The molecule has 8 nitrogen and oxygen atoms in total. The number of rotatable bonds is 8. The number of carboxylic acids is 1. The molecule has 8 heteroatoms. The first-order valence-electron chi connectivity index (χ1n) is 8.82. The molecular formula is C21H23N2O6-. The first kappa shape index (κ1) is 21.7. The van der Waals surface area contributed by atoms with Crippen LogP contribution in [0.1, 0.15) is 34.0 Å². The second-order valence-corrected chi connectivity index (χ2v) is 6.25. The summed E-state index contributed by atoms with van der Waals surface area (Å²) >= 11 is 0. The molecule has 1 N–H and O–H groups in total. The predicted molar refractivity (Wildman–Crippen MR) is 106 cm³/mol. The van der Waals surface area contributed by atoms with Crippen LogP contribution in [0.4, 0.5) is 0 Å². The molecule has 2 aromatic carbocycles. The van der Waals surface area contributed by atoms with Gasteiger partial charge in [0.15, 0.2) is 17.6 Å². The van der Waals surface area contributed by atoms with Crippen LogP contribution in [0.3, 0.4) is 0 Å². The summed E-state index contributed by atoms with van der Waals surface area (Å²) < 4.78 is 15.9. The molecule has 0 fully saturated rings. The molecule has 1 atom stereocenters. The van der Waals surface area contributed by atoms with E-state index in [-0.39, 0.29) is 22.6 Å². The molecule has 0 saturated heterocycles. The largest absolute Gasteiger partial charge is 0.545 e. The summed E-state index contributed by atoms with van der Waals surface area (Å²) in [6.45, 7) is 5.46. The van der Waals surface area contributed by atoms with E-state index in [1.54, 1.807) is 13.0 Å². The Kier molecular flexibility index (Phi) is 7.19. The molecule has 0 saturated carbocycles. The summed E-state index contributed by atoms with van der Waals surface area (Å²) in [6, 6.07) is 8.58. The molecule has 1 amide bonds. The van der Waals surface area contributed by atoms with Crippen molar-refractivity contribution in [2.45, 2.75) is 26.9 Å². The Morgan fingerprint density at radius 3 is 2.45 bits per heavy atom. The van der Waals surface area contributed by atoms with Crippen LogP contribution in [-0.2, 0) is 4.79 Å². The Balaban J connectivity index is 2.13. The van der Waals surface area contributed by atoms with E-state index in [2.05, 4.69) is 10.5 Å². The number of hydrogen-bond donors (Lipinski definition) is 1. The smallest absolute Gasteiger partial charge is 0.280 e. The van der Waals surface area contributed by atoms with Crippen molar-refractivity contribution in [1.82, 2.24) is 5.43 Å². The summed E-state index contributed by atoms with van der Waals surface area (Å²) in [6.07, 6.45) is 0.383. The van der Waals surface area contributed by atoms with Gasteiger partial charge in [-0.1, -0.05) is 12.1 Å². The number of amides is 1. The fraction of sp³-hybridized carbons (Fsp3) is 0.286. The molecule has 0 heterocycles. The number of hydrogen-bond acceptors (Lipinski definition) is 7. The first-order chi connectivity index (χ1) is 13.8. The minimum absolute atomic E-state index is 0.00870. The topological polar surface area (TPSA) is 109 Å². The highest BCUT2D eigenvalue weighted by atomic mass is 16.5. The number of benzene rings is 2. The van der Waals surface area contributed by atoms with Gasteiger partial charge in [0.25, 0.3) is 5.91 Å². The molecule has 0 radical (unpaired) electrons. The molecule has 0 spiro atoms. The van der Waals surface area contributed by atoms with Crippen molar-refractivity contribution in [3.05, 3.63) is 52.6 Å². The SMILES string of the molecule is COc1ccc(/C=N\NC(=O)[C@@H](C)Oc2cccc(C)c2C)c(C(=O)[O-])c1OC. The van der Waals surface area contributed by atoms with Crippen LogP contribution in [0.15, 0.2) is 35.4 Å². The van der Waals surface area contributed by atoms with E-state index in [1.165, 1.54) is 32.6 Å². The zero-order chi connectivity index (χ0) is 21.6. The van der Waals surface area contributed by atoms with E-state index in [9.17, 15) is 14.7 Å². The van der Waals surface area contributed by atoms with Gasteiger partial charge in [0, 0.05) is 5.56 Å². The van der Waals surface area contributed by atoms with Crippen LogP contribution >= 0.6 is 0 Å². The Morgan fingerprint density at radius 2 is 1.83 bits per heavy atom. The minimum Gasteiger partial charge on any atom is -0.545 e. The van der Waals surface area contributed by atoms with Crippen LogP contribution in [0.25, 0.3) is 0 Å². The number of nitrogens with zero attached hydrogens (tertiary/aromatic N) is 1. The van der Waals surface area contributed by atoms with Gasteiger partial charge in [-0.15, -0.1) is 0 Å². The second-order valence-electron chi connectivity index (χ2n) is 6.25. The Labute approximate surface area is 169 Å². The van der Waals surface area contributed by atoms with Crippen LogP contribution < -0.4 is 24.7 Å². The highest BCUT2D eigenvalue weighted by Crippen LogP contribution is 2.32. The van der Waals surface area contributed by atoms with Gasteiger partial charge in [-0.2, -0.15) is 5.10 Å². The summed E-state index contributed by atoms with van der Waals surface area (Å²) in [5.41, 5.74) is 4.29. The standard InChI is InChI=1S/C21H24N2O6/c1-12-7-6-8-16(13(12)2)29-14(3)20(24)23-22-11-15-9-10-17(27-4)19(28-5)18(15)21(25)26/h6-11,14H,1-5H3,(H,23,24)(H,25,26)/p-1/b22-11-/t14-/m1/s1. The third-order valence-corrected chi connectivity index (χ3v) is 4.39. The van der Waals surface area contributed by atoms with Crippen molar-refractivity contribution in [2.24, 2.45) is 5.10 Å². The van der Waals surface area contributed by atoms with Crippen molar-refractivity contribution in [3.8, 4) is 17.2 Å². The third kappa shape index (κ3) is 5.04. The normalized spacial score (nSPS) is 11.8. The maximum atomic E-state index is 12.3. The van der Waals surface area contributed by atoms with Gasteiger partial charge in [0.05, 0.1) is 32.0 Å². The molecule has 29 heavy (non-hydrogen) atoms. The summed E-state index contributed by atoms with van der Waals surface area (Å²) in [5, 5.41) is 15.3. The van der Waals surface area contributed by atoms with E-state index >= 15 is 0 Å². The number of carboxylic acid groups (broad SMARTS) is 1. The van der Waals surface area contributed by atoms with Gasteiger partial charge in [0.1, 0.15) is 5.75 Å². The Morgan fingerprint density at radius 1 is 1.10 bits per heavy atom. The number of nitrogens with one attached hydrogen (secondary N) is 1. The molecule has 2 rings (SSSR count). The number of carbonyl (C=O) groups is 2. The maximum absolute atomic E-state index is 12.3. The number of aromatic carboxylic acids is 1. The molecule has 0 aliphatic rings. The molecule has 0 aromatic heterocycles. The fourth-order valence-electron chi connectivity index (χ4n) is 2.61. The lowest BCUT2D eigenvalue weighted by molar-refractivity contribution is -0.255. The Bertz CT molecular complexity index is 939. The first-order valence-corrected chi connectivity index (χ1v) is 8.82. The number of carbonyl (C=O) groups excluding carboxylic acids is 2. The average Bonchev–Trinajstić information content (AvgIpc) is 2.70. The van der Waals surface area contributed by atoms with Crippen LogP contribution in [-0.4, -0.2) is 38.4 Å². The Hall–Kier alpha value is -3.55. The summed E-state index contributed by atoms with van der Waals surface area (Å²) in [7, 11) is 2.71. The van der Waals surface area contributed by atoms with E-state index in [0.29, 0.717) is 5.75 Å². The number of aryl methyl sites for hydroxylation is 1. The molecule has 0 bridgehead atoms. The lowest BCUT2D eigenvalue weighted by atomic mass is 10.1. The second kappa shape index (κ2) is 9.59. The van der Waals surface area contributed by atoms with Crippen molar-refractivity contribution in [2.75, 3.05) is 14.2 Å². The van der Waals surface area contributed by atoms with Crippen molar-refractivity contribution >= 4 is 18.1 Å². The lowest BCUT2D eigenvalue weighted by Gasteiger charge is -2.16. The zero-order valence-electron chi connectivity index (χ0n) is 16.9. The third-order valence-electron chi connectivity index (χ3n) is 4.39. The highest BCUT2D eigenvalue weighted by molar-refractivity contribution is 6.01. The fourth-order valence-corrected chi connectivity index (χ4v) is 2.61. The molecular weight excluding hydrogens is 376 g/mol. The molecule has 0 unspecified atom stereocenters. The average molecular weight is 399 g/mol. The number of ether oxygens (including phenoxy) is 3. The monoisotopic (exact) mass is 399 g/mol. The summed E-state index contributed by atoms with van der Waals surface area (Å²) in [4.78, 5) is 23.8. The van der Waals surface area contributed by atoms with E-state index in [1.807, 2.05) is 26.0 Å². The van der Waals surface area contributed by atoms with Gasteiger partial charge in [-0.25, -0.2) is 5.43 Å². The van der Waals surface area contributed by atoms with E-state index in [4.69, 9.17) is 14.2 Å². The molecule has 2 aromatic rings. The van der Waals surface area contributed by atoms with Gasteiger partial charge in [0.2, 0.25) is 0 Å². The minimum atomic E-state index is -1.46. The number of hydrazone groups is 1. The molecule has 154 valence electrons. The summed E-state index contributed by atoms with van der Waals surface area (Å²) in [5.74, 6) is -1.09. The van der Waals surface area contributed by atoms with Gasteiger partial charge >= 0.3 is 0 Å². The van der Waals surface area contributed by atoms with Crippen LogP contribution in [0.2, 0.25) is 0 Å². The van der Waals surface area contributed by atoms with Gasteiger partial charge < -0.3 is 24.1 Å². The van der Waals surface area contributed by atoms with Crippen LogP contribution in [0.5, 0.6) is 17.2 Å². The van der Waals surface area contributed by atoms with E-state index < -0.39 is 18.0 Å². The lowest BCUT2D eigenvalue weighted by Crippen LogP contribution is -2.33. The van der Waals surface area contributed by atoms with Crippen LogP contribution in [0, 0.1) is 13.8 Å². The quantitative estimate of drug-likeness (QED) is 0.533. The maximum Gasteiger partial charge on any atom is 0.280 e. The van der Waals surface area contributed by atoms with E-state index in [0.717, 1.165) is 11.1 Å². The van der Waals surface area contributed by atoms with Crippen molar-refractivity contribution in [3.63, 3.8) is 0 Å². The zero-order valence-corrected chi connectivity index (χ0v) is 16.9.